The van der Waals surface area contributed by atoms with E-state index in [0.717, 1.165) is 0 Å². The minimum Gasteiger partial charge on any atom is -0.206 e. The minimum atomic E-state index is -2.77. The predicted octanol–water partition coefficient (Wildman–Crippen LogP) is 8.88. The Morgan fingerprint density at radius 3 is 0.714 bits per heavy atom. The van der Waals surface area contributed by atoms with Gasteiger partial charge >= 0.3 is 0 Å². The van der Waals surface area contributed by atoms with E-state index in [1.54, 1.807) is 0 Å². The summed E-state index contributed by atoms with van der Waals surface area (Å²) in [6.07, 6.45) is 0. The first-order valence-corrected chi connectivity index (χ1v) is 9.53. The highest BCUT2D eigenvalue weighted by molar-refractivity contribution is 5.76. The molecule has 0 bridgehead atoms. The van der Waals surface area contributed by atoms with Gasteiger partial charge in [-0.15, -0.1) is 0 Å². The fourth-order valence-corrected chi connectivity index (χ4v) is 2.70. The Bertz CT molecular complexity index is 1110. The van der Waals surface area contributed by atoms with E-state index in [1.807, 2.05) is 27.7 Å². The fraction of sp³-hybridized carbons (Fsp3) is 0.182. The van der Waals surface area contributed by atoms with Gasteiger partial charge in [0.2, 0.25) is 11.6 Å². The Morgan fingerprint density at radius 2 is 0.486 bits per heavy atom. The van der Waals surface area contributed by atoms with Crippen LogP contribution in [0.25, 0.3) is 22.3 Å². The Kier molecular flexibility index (Phi) is 9.74. The molecule has 0 amide bonds. The van der Waals surface area contributed by atoms with Crippen LogP contribution in [0, 0.1) is 75.6 Å². The maximum Gasteiger partial charge on any atom is 0.200 e. The lowest BCUT2D eigenvalue weighted by Gasteiger charge is -2.15. The van der Waals surface area contributed by atoms with Gasteiger partial charge in [0.15, 0.2) is 46.5 Å². The van der Waals surface area contributed by atoms with E-state index < -0.39 is 104 Å². The topological polar surface area (TPSA) is 0 Å². The van der Waals surface area contributed by atoms with E-state index >= 15 is 0 Å². The number of halogens is 13. The summed E-state index contributed by atoms with van der Waals surface area (Å²) in [6.45, 7) is 8.00. The van der Waals surface area contributed by atoms with Crippen molar-refractivity contribution in [3.63, 3.8) is 0 Å². The molecule has 3 aromatic carbocycles. The number of rotatable bonds is 2. The molecule has 0 nitrogen and oxygen atoms in total. The minimum absolute atomic E-state index is 0.510. The second kappa shape index (κ2) is 11.5. The Labute approximate surface area is 189 Å². The largest absolute Gasteiger partial charge is 0.206 e. The van der Waals surface area contributed by atoms with Crippen LogP contribution in [0.15, 0.2) is 6.07 Å². The van der Waals surface area contributed by atoms with Crippen molar-refractivity contribution in [2.45, 2.75) is 27.7 Å². The van der Waals surface area contributed by atoms with Crippen LogP contribution in [0.5, 0.6) is 0 Å². The van der Waals surface area contributed by atoms with Gasteiger partial charge in [0, 0.05) is 6.07 Å². The van der Waals surface area contributed by atoms with Crippen LogP contribution in [-0.2, 0) is 0 Å². The van der Waals surface area contributed by atoms with E-state index in [2.05, 4.69) is 0 Å². The molecule has 3 aromatic rings. The van der Waals surface area contributed by atoms with E-state index in [4.69, 9.17) is 0 Å². The molecule has 35 heavy (non-hydrogen) atoms. The van der Waals surface area contributed by atoms with Crippen molar-refractivity contribution >= 4 is 0 Å². The molecule has 3 rings (SSSR count). The van der Waals surface area contributed by atoms with Crippen molar-refractivity contribution in [1.82, 2.24) is 0 Å². The summed E-state index contributed by atoms with van der Waals surface area (Å²) >= 11 is 0. The van der Waals surface area contributed by atoms with Crippen LogP contribution in [0.3, 0.4) is 0 Å². The van der Waals surface area contributed by atoms with Crippen LogP contribution in [-0.4, -0.2) is 0 Å². The molecular weight excluding hydrogens is 511 g/mol. The SMILES string of the molecule is CC.CC.Fc1cc(F)c(-c2c(F)c(F)c(F)c(F)c2F)c(F)c1-c1c(F)c(F)c(F)c(F)c1F. The summed E-state index contributed by atoms with van der Waals surface area (Å²) in [5, 5.41) is 0. The molecule has 0 aromatic heterocycles. The second-order valence-corrected chi connectivity index (χ2v) is 5.79. The third-order valence-corrected chi connectivity index (χ3v) is 4.09. The van der Waals surface area contributed by atoms with Gasteiger partial charge in [-0.25, -0.2) is 57.1 Å². The lowest BCUT2D eigenvalue weighted by molar-refractivity contribution is 0.379. The van der Waals surface area contributed by atoms with Crippen molar-refractivity contribution in [2.75, 3.05) is 0 Å². The monoisotopic (exact) mass is 524 g/mol. The molecule has 0 aliphatic rings. The lowest BCUT2D eigenvalue weighted by atomic mass is 9.94. The first-order valence-electron chi connectivity index (χ1n) is 9.53. The summed E-state index contributed by atoms with van der Waals surface area (Å²) in [6, 6.07) is -0.510. The molecule has 0 saturated heterocycles. The Hall–Kier alpha value is -3.25. The number of hydrogen-bond donors (Lipinski definition) is 0. The molecule has 0 saturated carbocycles. The first kappa shape index (κ1) is 29.8. The zero-order chi connectivity index (χ0) is 27.5. The van der Waals surface area contributed by atoms with Crippen molar-refractivity contribution in [1.29, 1.82) is 0 Å². The van der Waals surface area contributed by atoms with Gasteiger partial charge in [0.05, 0.1) is 22.3 Å². The first-order chi connectivity index (χ1) is 16.3. The third kappa shape index (κ3) is 4.80. The second-order valence-electron chi connectivity index (χ2n) is 5.79. The third-order valence-electron chi connectivity index (χ3n) is 4.09. The van der Waals surface area contributed by atoms with E-state index in [1.165, 1.54) is 0 Å². The Balaban J connectivity index is 0.00000145. The maximum atomic E-state index is 14.8. The fourth-order valence-electron chi connectivity index (χ4n) is 2.70. The van der Waals surface area contributed by atoms with Gasteiger partial charge < -0.3 is 0 Å². The number of benzene rings is 3. The molecule has 0 heterocycles. The van der Waals surface area contributed by atoms with Crippen molar-refractivity contribution < 1.29 is 57.1 Å². The van der Waals surface area contributed by atoms with Crippen molar-refractivity contribution in [2.24, 2.45) is 0 Å². The van der Waals surface area contributed by atoms with Gasteiger partial charge in [-0.05, 0) is 0 Å². The molecule has 192 valence electrons. The molecule has 0 N–H and O–H groups in total. The van der Waals surface area contributed by atoms with Crippen LogP contribution in [0.1, 0.15) is 27.7 Å². The van der Waals surface area contributed by atoms with E-state index in [-0.39, 0.29) is 0 Å². The van der Waals surface area contributed by atoms with Gasteiger partial charge in [-0.2, -0.15) is 0 Å². The van der Waals surface area contributed by atoms with Crippen LogP contribution in [0.2, 0.25) is 0 Å². The molecule has 0 aliphatic carbocycles. The smallest absolute Gasteiger partial charge is 0.200 e. The lowest BCUT2D eigenvalue weighted by Crippen LogP contribution is -2.10. The summed E-state index contributed by atoms with van der Waals surface area (Å²) in [5.41, 5.74) is -9.05. The molecule has 0 unspecified atom stereocenters. The quantitative estimate of drug-likeness (QED) is 0.179. The van der Waals surface area contributed by atoms with Crippen molar-refractivity contribution in [3.8, 4) is 22.3 Å². The summed E-state index contributed by atoms with van der Waals surface area (Å²) in [4.78, 5) is 0. The highest BCUT2D eigenvalue weighted by Crippen LogP contribution is 2.41. The van der Waals surface area contributed by atoms with Crippen LogP contribution in [0.4, 0.5) is 57.1 Å². The maximum absolute atomic E-state index is 14.8. The summed E-state index contributed by atoms with van der Waals surface area (Å²) in [7, 11) is 0. The highest BCUT2D eigenvalue weighted by atomic mass is 19.2. The normalized spacial score (nSPS) is 10.4. The molecule has 13 heteroatoms. The summed E-state index contributed by atoms with van der Waals surface area (Å²) in [5.74, 6) is -34.8. The molecule has 0 radical (unpaired) electrons. The molecule has 0 fully saturated rings. The highest BCUT2D eigenvalue weighted by Gasteiger charge is 2.35. The standard InChI is InChI=1S/C18HF13.2C2H6/c19-2-1-3(20)5(7-11(24)15(28)18(31)16(29)12(7)25)8(21)4(2)6-9(22)13(26)17(30)14(27)10(6)23;2*1-2/h1H;2*1-2H3. The van der Waals surface area contributed by atoms with Crippen LogP contribution >= 0.6 is 0 Å². The average Bonchev–Trinajstić information content (AvgIpc) is 2.85. The molecule has 0 aliphatic heterocycles. The molecule has 0 atom stereocenters. The average molecular weight is 524 g/mol. The summed E-state index contributed by atoms with van der Waals surface area (Å²) < 4.78 is 179. The molecule has 0 spiro atoms. The van der Waals surface area contributed by atoms with Gasteiger partial charge in [-0.3, -0.25) is 0 Å². The zero-order valence-corrected chi connectivity index (χ0v) is 18.0. The predicted molar refractivity (Wildman–Crippen MR) is 99.5 cm³/mol. The Morgan fingerprint density at radius 1 is 0.286 bits per heavy atom. The molecular formula is C22H13F13. The van der Waals surface area contributed by atoms with Gasteiger partial charge in [0.25, 0.3) is 0 Å². The van der Waals surface area contributed by atoms with E-state index in [9.17, 15) is 57.1 Å². The van der Waals surface area contributed by atoms with Crippen molar-refractivity contribution in [3.05, 3.63) is 81.7 Å². The van der Waals surface area contributed by atoms with Crippen LogP contribution < -0.4 is 0 Å². The number of hydrogen-bond acceptors (Lipinski definition) is 0. The van der Waals surface area contributed by atoms with E-state index in [0.29, 0.717) is 0 Å². The van der Waals surface area contributed by atoms with Gasteiger partial charge in [-0.1, -0.05) is 27.7 Å². The van der Waals surface area contributed by atoms with Gasteiger partial charge in [0.1, 0.15) is 17.5 Å². The zero-order valence-electron chi connectivity index (χ0n) is 18.0.